The van der Waals surface area contributed by atoms with E-state index in [1.54, 1.807) is 32.4 Å². The van der Waals surface area contributed by atoms with E-state index in [-0.39, 0.29) is 47.2 Å². The van der Waals surface area contributed by atoms with Crippen LogP contribution in [-0.2, 0) is 45.4 Å². The first-order valence-corrected chi connectivity index (χ1v) is 43.2. The monoisotopic (exact) mass is 1630 g/mol. The van der Waals surface area contributed by atoms with Crippen molar-refractivity contribution in [2.75, 3.05) is 106 Å². The van der Waals surface area contributed by atoms with Crippen LogP contribution in [0.5, 0.6) is 0 Å². The Labute approximate surface area is 711 Å². The first kappa shape index (κ1) is 97.6. The molecule has 0 unspecified atom stereocenters. The van der Waals surface area contributed by atoms with Crippen LogP contribution in [0.15, 0.2) is 128 Å². The van der Waals surface area contributed by atoms with Gasteiger partial charge in [-0.15, -0.1) is 6.42 Å². The molecule has 0 radical (unpaired) electrons. The van der Waals surface area contributed by atoms with Gasteiger partial charge in [0.1, 0.15) is 57.3 Å². The van der Waals surface area contributed by atoms with Crippen molar-refractivity contribution in [1.82, 2.24) is 70.2 Å². The van der Waals surface area contributed by atoms with Gasteiger partial charge in [-0.2, -0.15) is 0 Å². The third-order valence-corrected chi connectivity index (χ3v) is 19.8. The van der Waals surface area contributed by atoms with E-state index < -0.39 is 0 Å². The standard InChI is InChI=1S/C27H33N5.C23H33N5O.2C20H28N4O2.3C2H6/c1-3-26-28-19-23-18-25(32(27(23)29-26)24-7-5-4-6-8-24)17-21-9-11-22(12-10-21)20-31-15-13-30(2)14-16-31;1-17-25-15-20(21(27-17)26-16-23(2,3)4)22(29)24-12-11-18-7-9-19(10-8-18)28-13-5-6-14-28;1-14-22-11-17(18(24-14)23-13-20(2,3)4)19(26)21-10-9-15-5-7-16(12-25)8-6-15;1-14-22-11-17(18(24-14)23-13-20(2,3)4)19(26)21-9-8-15-6-5-7-16(10-15)12-25;3*1-2/h1,9-12,18-19,24H,4-8,13-17,20H2,2H3;7-10,15H,5-6,11-14,16H2,1-4H3,(H,24,29)(H,25,26,27);5-8,11,25H,9-10,12-13H2,1-4H3,(H,21,26)(H,22,23,24);5-7,10-11,25H,8-9,12-13H2,1-4H3,(H,21,26)(H,22,23,24);3*1-2H3. The normalized spacial score (nSPS) is 13.6. The van der Waals surface area contributed by atoms with Gasteiger partial charge in [-0.25, -0.2) is 39.9 Å². The topological polar surface area (TPSA) is 282 Å². The van der Waals surface area contributed by atoms with Crippen LogP contribution in [0.2, 0.25) is 0 Å². The van der Waals surface area contributed by atoms with Crippen molar-refractivity contribution in [2.24, 2.45) is 16.2 Å². The summed E-state index contributed by atoms with van der Waals surface area (Å²) in [7, 11) is 2.21. The van der Waals surface area contributed by atoms with Crippen molar-refractivity contribution in [1.29, 1.82) is 0 Å². The van der Waals surface area contributed by atoms with Crippen LogP contribution in [0.3, 0.4) is 0 Å². The quantitative estimate of drug-likeness (QED) is 0.0234. The van der Waals surface area contributed by atoms with Crippen molar-refractivity contribution in [3.8, 4) is 12.3 Å². The molecule has 0 spiro atoms. The maximum Gasteiger partial charge on any atom is 0.256 e. The lowest BCUT2D eigenvalue weighted by Crippen LogP contribution is -2.43. The van der Waals surface area contributed by atoms with E-state index in [2.05, 4.69) is 216 Å². The number of benzene rings is 4. The number of nitrogens with zero attached hydrogens (tertiary/aromatic N) is 12. The summed E-state index contributed by atoms with van der Waals surface area (Å²) < 4.78 is 2.47. The molecule has 119 heavy (non-hydrogen) atoms. The number of carbonyl (C=O) groups excluding carboxylic acids is 3. The smallest absolute Gasteiger partial charge is 0.256 e. The van der Waals surface area contributed by atoms with Crippen molar-refractivity contribution in [2.45, 2.75) is 221 Å². The minimum atomic E-state index is -0.195. The molecule has 8 N–H and O–H groups in total. The molecule has 644 valence electrons. The number of amides is 3. The second-order valence-electron chi connectivity index (χ2n) is 33.6. The van der Waals surface area contributed by atoms with Crippen LogP contribution >= 0.6 is 0 Å². The fraction of sp³-hybridized carbons (Fsp3) is 0.510. The summed E-state index contributed by atoms with van der Waals surface area (Å²) in [5.74, 6) is 6.19. The van der Waals surface area contributed by atoms with Crippen LogP contribution in [0, 0.1) is 49.4 Å². The van der Waals surface area contributed by atoms with Gasteiger partial charge in [-0.3, -0.25) is 19.3 Å². The molecular formula is C96H140N18O5. The predicted molar refractivity (Wildman–Crippen MR) is 489 cm³/mol. The molecule has 5 aromatic heterocycles. The van der Waals surface area contributed by atoms with Crippen LogP contribution in [0.25, 0.3) is 11.0 Å². The van der Waals surface area contributed by atoms with Crippen LogP contribution in [-0.4, -0.2) is 168 Å². The third kappa shape index (κ3) is 33.8. The van der Waals surface area contributed by atoms with Gasteiger partial charge >= 0.3 is 0 Å². The summed E-state index contributed by atoms with van der Waals surface area (Å²) >= 11 is 0. The number of fused-ring (bicyclic) bond motifs is 1. The van der Waals surface area contributed by atoms with Crippen LogP contribution < -0.4 is 36.8 Å². The number of aryl methyl sites for hydroxylation is 3. The van der Waals surface area contributed by atoms with Gasteiger partial charge in [0.25, 0.3) is 17.7 Å². The number of hydrogen-bond donors (Lipinski definition) is 8. The lowest BCUT2D eigenvalue weighted by molar-refractivity contribution is 0.0945. The van der Waals surface area contributed by atoms with E-state index in [0.29, 0.717) is 103 Å². The molecule has 7 heterocycles. The van der Waals surface area contributed by atoms with Gasteiger partial charge in [0.05, 0.1) is 13.2 Å². The number of aliphatic hydroxyl groups excluding tert-OH is 2. The molecular weight excluding hydrogens is 1490 g/mol. The van der Waals surface area contributed by atoms with Gasteiger partial charge in [0.15, 0.2) is 0 Å². The van der Waals surface area contributed by atoms with Crippen molar-refractivity contribution < 1.29 is 24.6 Å². The Kier molecular flexibility index (Phi) is 41.0. The zero-order valence-corrected chi connectivity index (χ0v) is 75.1. The Morgan fingerprint density at radius 3 is 1.32 bits per heavy atom. The Hall–Kier alpha value is -10.3. The molecule has 2 saturated heterocycles. The molecule has 0 atom stereocenters. The predicted octanol–water partition coefficient (Wildman–Crippen LogP) is 16.6. The summed E-state index contributed by atoms with van der Waals surface area (Å²) in [5.41, 5.74) is 13.1. The number of piperazine rings is 1. The zero-order valence-electron chi connectivity index (χ0n) is 75.1. The average molecular weight is 1630 g/mol. The summed E-state index contributed by atoms with van der Waals surface area (Å²) in [6.45, 7) is 48.4. The van der Waals surface area contributed by atoms with E-state index in [0.717, 1.165) is 105 Å². The third-order valence-electron chi connectivity index (χ3n) is 19.8. The summed E-state index contributed by atoms with van der Waals surface area (Å²) in [4.78, 5) is 79.9. The minimum absolute atomic E-state index is 0.0176. The maximum absolute atomic E-state index is 12.7. The number of carbonyl (C=O) groups is 3. The highest BCUT2D eigenvalue weighted by Gasteiger charge is 2.25. The van der Waals surface area contributed by atoms with Gasteiger partial charge in [-0.1, -0.05) is 208 Å². The fourth-order valence-corrected chi connectivity index (χ4v) is 13.4. The molecule has 0 bridgehead atoms. The summed E-state index contributed by atoms with van der Waals surface area (Å²) in [6.07, 6.45) is 24.3. The zero-order chi connectivity index (χ0) is 87.1. The fourth-order valence-electron chi connectivity index (χ4n) is 13.4. The molecule has 23 heteroatoms. The number of nitrogens with one attached hydrogen (secondary N) is 6. The average Bonchev–Trinajstić information content (AvgIpc) is 1.63. The SMILES string of the molecule is C#Cc1ncc2cc(Cc3ccc(CN4CCN(C)CC4)cc3)n(C3CCCCC3)c2n1.CC.CC.CC.Cc1ncc(C(=O)NCCc2ccc(CO)cc2)c(NCC(C)(C)C)n1.Cc1ncc(C(=O)NCCc2ccc(N3CCCC3)cc2)c(NCC(C)(C)C)n1.Cc1ncc(C(=O)NCCc2cccc(CO)c2)c(NCC(C)(C)C)n1. The first-order valence-electron chi connectivity index (χ1n) is 43.2. The Balaban J connectivity index is 0.000000242. The largest absolute Gasteiger partial charge is 0.392 e. The van der Waals surface area contributed by atoms with E-state index in [4.69, 9.17) is 16.5 Å². The molecule has 4 aromatic carbocycles. The van der Waals surface area contributed by atoms with Gasteiger partial charge in [0.2, 0.25) is 5.82 Å². The second-order valence-corrected chi connectivity index (χ2v) is 33.6. The summed E-state index contributed by atoms with van der Waals surface area (Å²) in [6, 6.07) is 36.1. The number of aromatic nitrogens is 9. The summed E-state index contributed by atoms with van der Waals surface area (Å²) in [5, 5.41) is 38.0. The number of terminal acetylenes is 1. The van der Waals surface area contributed by atoms with E-state index in [9.17, 15) is 19.5 Å². The van der Waals surface area contributed by atoms with Crippen molar-refractivity contribution in [3.05, 3.63) is 213 Å². The highest BCUT2D eigenvalue weighted by molar-refractivity contribution is 5.99. The molecule has 2 aliphatic heterocycles. The maximum atomic E-state index is 12.7. The van der Waals surface area contributed by atoms with E-state index in [1.807, 2.05) is 103 Å². The molecule has 3 amide bonds. The lowest BCUT2D eigenvalue weighted by atomic mass is 9.95. The molecule has 9 aromatic rings. The minimum Gasteiger partial charge on any atom is -0.392 e. The molecule has 12 rings (SSSR count). The van der Waals surface area contributed by atoms with Crippen molar-refractivity contribution >= 4 is 51.9 Å². The highest BCUT2D eigenvalue weighted by Crippen LogP contribution is 2.35. The number of rotatable bonds is 26. The number of hydrogen-bond acceptors (Lipinski definition) is 19. The Bertz CT molecular complexity index is 4560. The molecule has 3 aliphatic rings. The van der Waals surface area contributed by atoms with Gasteiger partial charge in [-0.05, 0) is 152 Å². The molecule has 23 nitrogen and oxygen atoms in total. The van der Waals surface area contributed by atoms with E-state index >= 15 is 0 Å². The lowest BCUT2D eigenvalue weighted by Gasteiger charge is -2.32. The van der Waals surface area contributed by atoms with Crippen LogP contribution in [0.4, 0.5) is 23.1 Å². The van der Waals surface area contributed by atoms with Crippen LogP contribution in [0.1, 0.15) is 254 Å². The number of likely N-dealkylation sites (N-methyl/N-ethyl adjacent to an activating group) is 1. The number of anilines is 4. The van der Waals surface area contributed by atoms with Gasteiger partial charge in [0, 0.05) is 139 Å². The van der Waals surface area contributed by atoms with E-state index in [1.165, 1.54) is 73.0 Å². The first-order chi connectivity index (χ1) is 57.1. The second kappa shape index (κ2) is 50.0. The Morgan fingerprint density at radius 2 is 0.882 bits per heavy atom. The number of aliphatic hydroxyl groups is 2. The molecule has 1 saturated carbocycles. The Morgan fingerprint density at radius 1 is 0.471 bits per heavy atom. The molecule has 1 aliphatic carbocycles. The van der Waals surface area contributed by atoms with Crippen molar-refractivity contribution in [3.63, 3.8) is 0 Å². The molecule has 3 fully saturated rings. The highest BCUT2D eigenvalue weighted by atomic mass is 16.3. The van der Waals surface area contributed by atoms with Gasteiger partial charge < -0.3 is 56.5 Å².